The van der Waals surface area contributed by atoms with Crippen molar-refractivity contribution in [2.24, 2.45) is 0 Å². The smallest absolute Gasteiger partial charge is 0.246 e. The van der Waals surface area contributed by atoms with Crippen LogP contribution in [0.15, 0.2) is 30.5 Å². The SMILES string of the molecule is O=C1[C@@H]2CCCN2C(=O)CN1CN1CCN(c2cccc3c2CC=COO3)CC1. The molecule has 0 spiro atoms. The van der Waals surface area contributed by atoms with Crippen molar-refractivity contribution in [1.29, 1.82) is 0 Å². The van der Waals surface area contributed by atoms with E-state index in [-0.39, 0.29) is 24.4 Å². The maximum atomic E-state index is 12.8. The molecule has 0 aromatic heterocycles. The van der Waals surface area contributed by atoms with Gasteiger partial charge in [0.1, 0.15) is 18.8 Å². The van der Waals surface area contributed by atoms with Gasteiger partial charge >= 0.3 is 0 Å². The summed E-state index contributed by atoms with van der Waals surface area (Å²) in [5, 5.41) is 0. The molecule has 29 heavy (non-hydrogen) atoms. The number of hydrogen-bond donors (Lipinski definition) is 0. The van der Waals surface area contributed by atoms with Gasteiger partial charge in [0.25, 0.3) is 0 Å². The van der Waals surface area contributed by atoms with Gasteiger partial charge < -0.3 is 14.7 Å². The summed E-state index contributed by atoms with van der Waals surface area (Å²) in [5.74, 6) is 0.961. The van der Waals surface area contributed by atoms with E-state index in [2.05, 4.69) is 15.9 Å². The molecule has 0 saturated carbocycles. The average Bonchev–Trinajstić information content (AvgIpc) is 3.12. The number of allylic oxidation sites excluding steroid dienone is 1. The first kappa shape index (κ1) is 18.3. The van der Waals surface area contributed by atoms with Crippen LogP contribution in [-0.4, -0.2) is 78.5 Å². The summed E-state index contributed by atoms with van der Waals surface area (Å²) in [6, 6.07) is 5.81. The number of nitrogens with zero attached hydrogens (tertiary/aromatic N) is 4. The predicted octanol–water partition coefficient (Wildman–Crippen LogP) is 0.980. The van der Waals surface area contributed by atoms with Crippen molar-refractivity contribution in [3.63, 3.8) is 0 Å². The Morgan fingerprint density at radius 3 is 2.79 bits per heavy atom. The van der Waals surface area contributed by atoms with Crippen molar-refractivity contribution in [3.05, 3.63) is 36.1 Å². The maximum Gasteiger partial charge on any atom is 0.246 e. The molecule has 0 radical (unpaired) electrons. The third kappa shape index (κ3) is 3.42. The molecule has 8 nitrogen and oxygen atoms in total. The lowest BCUT2D eigenvalue weighted by molar-refractivity contribution is -0.155. The first-order valence-corrected chi connectivity index (χ1v) is 10.4. The lowest BCUT2D eigenvalue weighted by atomic mass is 10.1. The predicted molar refractivity (Wildman–Crippen MR) is 106 cm³/mol. The van der Waals surface area contributed by atoms with Crippen LogP contribution in [0.25, 0.3) is 0 Å². The number of amides is 2. The van der Waals surface area contributed by atoms with Crippen LogP contribution < -0.4 is 9.79 Å². The molecule has 4 aliphatic rings. The number of fused-ring (bicyclic) bond motifs is 2. The summed E-state index contributed by atoms with van der Waals surface area (Å²) in [7, 11) is 0. The Hall–Kier alpha value is -2.74. The third-order valence-electron chi connectivity index (χ3n) is 6.30. The third-order valence-corrected chi connectivity index (χ3v) is 6.30. The maximum absolute atomic E-state index is 12.8. The highest BCUT2D eigenvalue weighted by atomic mass is 17.2. The zero-order chi connectivity index (χ0) is 19.8. The van der Waals surface area contributed by atoms with Gasteiger partial charge in [-0.3, -0.25) is 24.3 Å². The van der Waals surface area contributed by atoms with Crippen molar-refractivity contribution in [2.75, 3.05) is 50.8 Å². The molecule has 3 saturated heterocycles. The van der Waals surface area contributed by atoms with Crippen LogP contribution in [0.3, 0.4) is 0 Å². The van der Waals surface area contributed by atoms with Gasteiger partial charge in [0, 0.05) is 44.0 Å². The van der Waals surface area contributed by atoms with Gasteiger partial charge in [0.05, 0.1) is 6.67 Å². The molecule has 2 amide bonds. The van der Waals surface area contributed by atoms with Crippen LogP contribution >= 0.6 is 0 Å². The summed E-state index contributed by atoms with van der Waals surface area (Å²) in [4.78, 5) is 43.7. The standard InChI is InChI=1S/C21H26N4O4/c26-20-14-24(21(27)18-6-2-8-25(18)20)15-22-9-11-23(12-10-22)17-5-1-7-19-16(17)4-3-13-28-29-19/h1,3,5,7,13,18H,2,4,6,8-12,14-15H2/t18-/m0/s1. The molecular weight excluding hydrogens is 372 g/mol. The zero-order valence-corrected chi connectivity index (χ0v) is 16.5. The average molecular weight is 398 g/mol. The quantitative estimate of drug-likeness (QED) is 0.708. The van der Waals surface area contributed by atoms with Crippen molar-refractivity contribution in [3.8, 4) is 5.75 Å². The molecule has 154 valence electrons. The molecule has 0 N–H and O–H groups in total. The van der Waals surface area contributed by atoms with Crippen LogP contribution in [0.2, 0.25) is 0 Å². The molecule has 0 unspecified atom stereocenters. The second-order valence-corrected chi connectivity index (χ2v) is 8.04. The van der Waals surface area contributed by atoms with E-state index in [0.717, 1.165) is 63.3 Å². The highest BCUT2D eigenvalue weighted by Gasteiger charge is 2.42. The summed E-state index contributed by atoms with van der Waals surface area (Å²) < 4.78 is 0. The molecule has 8 heteroatoms. The van der Waals surface area contributed by atoms with Crippen LogP contribution in [0.4, 0.5) is 5.69 Å². The molecule has 1 atom stereocenters. The number of benzene rings is 1. The minimum absolute atomic E-state index is 0.0907. The Morgan fingerprint density at radius 2 is 1.93 bits per heavy atom. The Labute approximate surface area is 170 Å². The summed E-state index contributed by atoms with van der Waals surface area (Å²) >= 11 is 0. The minimum Gasteiger partial charge on any atom is -0.369 e. The van der Waals surface area contributed by atoms with E-state index >= 15 is 0 Å². The summed E-state index contributed by atoms with van der Waals surface area (Å²) in [5.41, 5.74) is 2.30. The molecule has 1 aromatic carbocycles. The van der Waals surface area contributed by atoms with E-state index in [0.29, 0.717) is 6.67 Å². The highest BCUT2D eigenvalue weighted by Crippen LogP contribution is 2.32. The van der Waals surface area contributed by atoms with Gasteiger partial charge in [0.15, 0.2) is 5.75 Å². The monoisotopic (exact) mass is 398 g/mol. The van der Waals surface area contributed by atoms with Crippen LogP contribution in [-0.2, 0) is 20.9 Å². The van der Waals surface area contributed by atoms with E-state index in [1.165, 1.54) is 5.69 Å². The molecule has 0 aliphatic carbocycles. The van der Waals surface area contributed by atoms with E-state index in [1.54, 1.807) is 16.1 Å². The molecule has 1 aromatic rings. The van der Waals surface area contributed by atoms with E-state index in [9.17, 15) is 9.59 Å². The van der Waals surface area contributed by atoms with Crippen molar-refractivity contribution < 1.29 is 19.4 Å². The number of anilines is 1. The van der Waals surface area contributed by atoms with Crippen molar-refractivity contribution >= 4 is 17.5 Å². The highest BCUT2D eigenvalue weighted by molar-refractivity contribution is 5.95. The van der Waals surface area contributed by atoms with Gasteiger partial charge in [-0.2, -0.15) is 0 Å². The number of hydrogen-bond acceptors (Lipinski definition) is 6. The van der Waals surface area contributed by atoms with Gasteiger partial charge in [0.2, 0.25) is 11.8 Å². The lowest BCUT2D eigenvalue weighted by Gasteiger charge is -2.42. The van der Waals surface area contributed by atoms with Crippen LogP contribution in [0.5, 0.6) is 5.75 Å². The first-order chi connectivity index (χ1) is 14.2. The summed E-state index contributed by atoms with van der Waals surface area (Å²) in [6.45, 7) is 4.92. The Kier molecular flexibility index (Phi) is 4.79. The Bertz CT molecular complexity index is 834. The normalized spacial score (nSPS) is 24.7. The number of carbonyl (C=O) groups excluding carboxylic acids is 2. The van der Waals surface area contributed by atoms with E-state index in [1.807, 2.05) is 18.2 Å². The second kappa shape index (κ2) is 7.59. The largest absolute Gasteiger partial charge is 0.369 e. The molecular formula is C21H26N4O4. The lowest BCUT2D eigenvalue weighted by Crippen LogP contribution is -2.60. The topological polar surface area (TPSA) is 65.6 Å². The molecule has 0 bridgehead atoms. The van der Waals surface area contributed by atoms with Crippen molar-refractivity contribution in [2.45, 2.75) is 25.3 Å². The Morgan fingerprint density at radius 1 is 1.07 bits per heavy atom. The molecule has 3 fully saturated rings. The molecule has 5 rings (SSSR count). The second-order valence-electron chi connectivity index (χ2n) is 8.04. The first-order valence-electron chi connectivity index (χ1n) is 10.4. The van der Waals surface area contributed by atoms with E-state index in [4.69, 9.17) is 9.78 Å². The fraction of sp³-hybridized carbons (Fsp3) is 0.524. The number of carbonyl (C=O) groups is 2. The molecule has 4 aliphatic heterocycles. The minimum atomic E-state index is -0.229. The Balaban J connectivity index is 1.22. The van der Waals surface area contributed by atoms with E-state index < -0.39 is 0 Å². The fourth-order valence-electron chi connectivity index (χ4n) is 4.77. The van der Waals surface area contributed by atoms with Crippen molar-refractivity contribution in [1.82, 2.24) is 14.7 Å². The van der Waals surface area contributed by atoms with Crippen LogP contribution in [0.1, 0.15) is 18.4 Å². The van der Waals surface area contributed by atoms with Gasteiger partial charge in [-0.1, -0.05) is 6.07 Å². The van der Waals surface area contributed by atoms with Gasteiger partial charge in [-0.25, -0.2) is 0 Å². The number of rotatable bonds is 3. The summed E-state index contributed by atoms with van der Waals surface area (Å²) in [6.07, 6.45) is 6.03. The zero-order valence-electron chi connectivity index (χ0n) is 16.5. The van der Waals surface area contributed by atoms with Gasteiger partial charge in [-0.15, -0.1) is 0 Å². The fourth-order valence-corrected chi connectivity index (χ4v) is 4.77. The number of piperazine rings is 2. The van der Waals surface area contributed by atoms with Gasteiger partial charge in [-0.05, 0) is 37.5 Å². The molecule has 4 heterocycles. The van der Waals surface area contributed by atoms with Crippen LogP contribution in [0, 0.1) is 0 Å².